The van der Waals surface area contributed by atoms with Crippen LogP contribution < -0.4 is 5.32 Å². The van der Waals surface area contributed by atoms with Crippen LogP contribution in [0.4, 0.5) is 0 Å². The van der Waals surface area contributed by atoms with E-state index in [-0.39, 0.29) is 24.5 Å². The lowest BCUT2D eigenvalue weighted by Gasteiger charge is -2.40. The number of carbonyl (C=O) groups is 2. The highest BCUT2D eigenvalue weighted by Crippen LogP contribution is 2.36. The predicted octanol–water partition coefficient (Wildman–Crippen LogP) is 4.05. The summed E-state index contributed by atoms with van der Waals surface area (Å²) in [4.78, 5) is 27.5. The van der Waals surface area contributed by atoms with Crippen molar-refractivity contribution in [2.24, 2.45) is 10.5 Å². The van der Waals surface area contributed by atoms with E-state index < -0.39 is 11.0 Å². The number of rotatable bonds is 7. The Kier molecular flexibility index (Phi) is 6.26. The molecule has 3 heterocycles. The highest BCUT2D eigenvalue weighted by Gasteiger charge is 2.44. The number of nitrogens with one attached hydrogen (secondary N) is 1. The quantitative estimate of drug-likeness (QED) is 0.669. The van der Waals surface area contributed by atoms with Crippen LogP contribution in [-0.4, -0.2) is 41.8 Å². The minimum absolute atomic E-state index is 0.0799. The maximum absolute atomic E-state index is 13.1. The molecule has 1 aliphatic rings. The summed E-state index contributed by atoms with van der Waals surface area (Å²) >= 11 is 3.26. The van der Waals surface area contributed by atoms with E-state index in [1.54, 1.807) is 27.7 Å². The van der Waals surface area contributed by atoms with Gasteiger partial charge in [0.1, 0.15) is 0 Å². The Morgan fingerprint density at radius 3 is 2.48 bits per heavy atom. The minimum atomic E-state index is -0.800. The lowest BCUT2D eigenvalue weighted by Crippen LogP contribution is -2.57. The molecule has 0 unspecified atom stereocenters. The van der Waals surface area contributed by atoms with E-state index in [0.29, 0.717) is 6.42 Å². The van der Waals surface area contributed by atoms with Gasteiger partial charge in [-0.25, -0.2) is 5.01 Å². The lowest BCUT2D eigenvalue weighted by atomic mass is 9.74. The first-order valence-electron chi connectivity index (χ1n) is 9.47. The van der Waals surface area contributed by atoms with Crippen LogP contribution in [0.3, 0.4) is 0 Å². The van der Waals surface area contributed by atoms with E-state index in [2.05, 4.69) is 10.4 Å². The fourth-order valence-corrected chi connectivity index (χ4v) is 4.68. The van der Waals surface area contributed by atoms with Gasteiger partial charge in [-0.1, -0.05) is 12.1 Å². The molecule has 1 aliphatic heterocycles. The van der Waals surface area contributed by atoms with Crippen molar-refractivity contribution < 1.29 is 14.3 Å². The van der Waals surface area contributed by atoms with Crippen molar-refractivity contribution >= 4 is 40.3 Å². The fraction of sp³-hybridized carbons (Fsp3) is 0.476. The van der Waals surface area contributed by atoms with Crippen molar-refractivity contribution in [2.75, 3.05) is 13.7 Å². The van der Waals surface area contributed by atoms with Crippen LogP contribution in [0.15, 0.2) is 40.1 Å². The second-order valence-corrected chi connectivity index (χ2v) is 10.0. The summed E-state index contributed by atoms with van der Waals surface area (Å²) in [5.41, 5.74) is -0.513. The Balaban J connectivity index is 1.77. The molecule has 8 heteroatoms. The summed E-state index contributed by atoms with van der Waals surface area (Å²) in [5, 5.41) is 13.5. The van der Waals surface area contributed by atoms with Crippen molar-refractivity contribution in [1.29, 1.82) is 0 Å². The summed E-state index contributed by atoms with van der Waals surface area (Å²) in [5.74, 6) is -0.443. The van der Waals surface area contributed by atoms with Gasteiger partial charge in [0.05, 0.1) is 35.7 Å². The Morgan fingerprint density at radius 2 is 1.90 bits per heavy atom. The molecule has 29 heavy (non-hydrogen) atoms. The minimum Gasteiger partial charge on any atom is -0.469 e. The lowest BCUT2D eigenvalue weighted by molar-refractivity contribution is -0.155. The highest BCUT2D eigenvalue weighted by molar-refractivity contribution is 7.12. The monoisotopic (exact) mass is 433 g/mol. The number of carbonyl (C=O) groups excluding carboxylic acids is 2. The average molecular weight is 434 g/mol. The van der Waals surface area contributed by atoms with Gasteiger partial charge in [0.25, 0.3) is 5.91 Å². The second-order valence-electron chi connectivity index (χ2n) is 8.09. The van der Waals surface area contributed by atoms with Gasteiger partial charge in [-0.05, 0) is 50.6 Å². The molecular formula is C21H27N3O3S2. The van der Waals surface area contributed by atoms with Crippen LogP contribution in [0.2, 0.25) is 0 Å². The zero-order valence-electron chi connectivity index (χ0n) is 17.4. The molecule has 1 N–H and O–H groups in total. The molecule has 0 spiro atoms. The third-order valence-corrected chi connectivity index (χ3v) is 7.68. The van der Waals surface area contributed by atoms with Gasteiger partial charge in [-0.15, -0.1) is 22.7 Å². The number of nitrogens with zero attached hydrogens (tertiary/aromatic N) is 2. The van der Waals surface area contributed by atoms with Gasteiger partial charge >= 0.3 is 5.97 Å². The molecule has 0 aromatic carbocycles. The fourth-order valence-electron chi connectivity index (χ4n) is 3.14. The maximum atomic E-state index is 13.1. The van der Waals surface area contributed by atoms with Gasteiger partial charge < -0.3 is 10.1 Å². The zero-order valence-corrected chi connectivity index (χ0v) is 19.0. The molecule has 0 aliphatic carbocycles. The van der Waals surface area contributed by atoms with Crippen molar-refractivity contribution in [1.82, 2.24) is 10.3 Å². The number of hydrazone groups is 1. The second kappa shape index (κ2) is 8.38. The molecule has 1 amide bonds. The van der Waals surface area contributed by atoms with Crippen LogP contribution >= 0.6 is 22.7 Å². The van der Waals surface area contributed by atoms with Crippen LogP contribution in [0.1, 0.15) is 49.9 Å². The van der Waals surface area contributed by atoms with Crippen molar-refractivity contribution in [3.8, 4) is 0 Å². The third-order valence-electron chi connectivity index (χ3n) is 5.78. The van der Waals surface area contributed by atoms with Gasteiger partial charge in [0.15, 0.2) is 0 Å². The van der Waals surface area contributed by atoms with E-state index in [0.717, 1.165) is 15.5 Å². The van der Waals surface area contributed by atoms with Crippen molar-refractivity contribution in [3.63, 3.8) is 0 Å². The number of esters is 1. The summed E-state index contributed by atoms with van der Waals surface area (Å²) in [7, 11) is 1.38. The topological polar surface area (TPSA) is 71.0 Å². The summed E-state index contributed by atoms with van der Waals surface area (Å²) in [6.07, 6.45) is 0.698. The molecule has 6 nitrogen and oxygen atoms in total. The van der Waals surface area contributed by atoms with E-state index in [9.17, 15) is 9.59 Å². The first-order valence-corrected chi connectivity index (χ1v) is 11.2. The number of ether oxygens (including phenoxy) is 1. The first kappa shape index (κ1) is 21.7. The zero-order chi connectivity index (χ0) is 21.2. The molecule has 156 valence electrons. The van der Waals surface area contributed by atoms with Crippen LogP contribution in [0, 0.1) is 5.41 Å². The van der Waals surface area contributed by atoms with Gasteiger partial charge in [0, 0.05) is 16.8 Å². The van der Waals surface area contributed by atoms with Gasteiger partial charge in [-0.3, -0.25) is 9.59 Å². The van der Waals surface area contributed by atoms with E-state index in [1.165, 1.54) is 7.11 Å². The largest absolute Gasteiger partial charge is 0.469 e. The summed E-state index contributed by atoms with van der Waals surface area (Å²) in [6.45, 7) is 7.51. The third kappa shape index (κ3) is 4.29. The molecular weight excluding hydrogens is 406 g/mol. The molecule has 0 radical (unpaired) electrons. The maximum Gasteiger partial charge on any atom is 0.313 e. The van der Waals surface area contributed by atoms with E-state index >= 15 is 0 Å². The Bertz CT molecular complexity index is 886. The van der Waals surface area contributed by atoms with Crippen LogP contribution in [0.25, 0.3) is 0 Å². The van der Waals surface area contributed by atoms with Crippen LogP contribution in [-0.2, 0) is 14.3 Å². The average Bonchev–Trinajstić information content (AvgIpc) is 3.44. The first-order chi connectivity index (χ1) is 13.7. The summed E-state index contributed by atoms with van der Waals surface area (Å²) in [6, 6.07) is 7.96. The molecule has 0 bridgehead atoms. The van der Waals surface area contributed by atoms with Crippen LogP contribution in [0.5, 0.6) is 0 Å². The van der Waals surface area contributed by atoms with Crippen molar-refractivity contribution in [2.45, 2.75) is 45.7 Å². The number of hydrogen-bond acceptors (Lipinski definition) is 7. The van der Waals surface area contributed by atoms with Crippen molar-refractivity contribution in [3.05, 3.63) is 44.8 Å². The number of hydrogen-bond donors (Lipinski definition) is 1. The van der Waals surface area contributed by atoms with E-state index in [4.69, 9.17) is 4.74 Å². The van der Waals surface area contributed by atoms with E-state index in [1.807, 2.05) is 62.7 Å². The molecule has 0 fully saturated rings. The molecule has 0 saturated heterocycles. The summed E-state index contributed by atoms with van der Waals surface area (Å²) < 4.78 is 4.94. The molecule has 2 aromatic heterocycles. The molecule has 0 saturated carbocycles. The Hall–Kier alpha value is -2.03. The molecule has 2 aromatic rings. The number of methoxy groups -OCH3 is 1. The standard InChI is InChI=1S/C21H27N3O3S2/c1-20(2,19(26)27-5)21(3,4)22-13-18(25)24-15(17-9-7-11-29-17)12-14(23-24)16-8-6-10-28-16/h6-11,15,22H,12-13H2,1-5H3/t15-/m0/s1. The highest BCUT2D eigenvalue weighted by atomic mass is 32.1. The Morgan fingerprint density at radius 1 is 1.21 bits per heavy atom. The molecule has 3 rings (SSSR count). The van der Waals surface area contributed by atoms with Gasteiger partial charge in [-0.2, -0.15) is 5.10 Å². The smallest absolute Gasteiger partial charge is 0.313 e. The number of thiophene rings is 2. The normalized spacial score (nSPS) is 17.3. The number of amides is 1. The Labute approximate surface area is 179 Å². The predicted molar refractivity (Wildman–Crippen MR) is 117 cm³/mol. The SMILES string of the molecule is COC(=O)C(C)(C)C(C)(C)NCC(=O)N1N=C(c2cccs2)C[C@H]1c1cccs1. The van der Waals surface area contributed by atoms with Gasteiger partial charge in [0.2, 0.25) is 0 Å². The molecule has 1 atom stereocenters.